The Balaban J connectivity index is 2.42. The van der Waals surface area contributed by atoms with Gasteiger partial charge < -0.3 is 14.6 Å². The molecule has 0 radical (unpaired) electrons. The van der Waals surface area contributed by atoms with Crippen LogP contribution in [0.1, 0.15) is 32.4 Å². The lowest BCUT2D eigenvalue weighted by molar-refractivity contribution is -0.143. The summed E-state index contributed by atoms with van der Waals surface area (Å²) in [5, 5.41) is 9.60. The number of nitrogens with zero attached hydrogens (tertiary/aromatic N) is 1. The van der Waals surface area contributed by atoms with Crippen molar-refractivity contribution >= 4 is 28.0 Å². The van der Waals surface area contributed by atoms with Crippen molar-refractivity contribution in [2.75, 3.05) is 13.2 Å². The minimum absolute atomic E-state index is 0.137. The van der Waals surface area contributed by atoms with E-state index in [1.54, 1.807) is 39.0 Å². The Morgan fingerprint density at radius 2 is 2.09 bits per heavy atom. The van der Waals surface area contributed by atoms with E-state index in [4.69, 9.17) is 9.47 Å². The third kappa shape index (κ3) is 3.71. The van der Waals surface area contributed by atoms with E-state index in [1.807, 2.05) is 0 Å². The number of hydrogen-bond acceptors (Lipinski definition) is 4. The summed E-state index contributed by atoms with van der Waals surface area (Å²) in [4.78, 5) is 25.3. The largest absolute Gasteiger partial charge is 0.491 e. The Morgan fingerprint density at radius 3 is 2.68 bits per heavy atom. The van der Waals surface area contributed by atoms with E-state index >= 15 is 0 Å². The van der Waals surface area contributed by atoms with Crippen LogP contribution < -0.4 is 4.74 Å². The number of fused-ring (bicyclic) bond motifs is 1. The SMILES string of the molecule is CC(C)(C)OC(=O)N1CCOc2ccc(Br)cc2C1C(=O)O. The van der Waals surface area contributed by atoms with Crippen molar-refractivity contribution in [2.24, 2.45) is 0 Å². The number of amides is 1. The standard InChI is InChI=1S/C15H18BrNO5/c1-15(2,3)22-14(20)17-6-7-21-11-5-4-9(16)8-10(11)12(17)13(18)19/h4-5,8,12H,6-7H2,1-3H3,(H,18,19). The minimum atomic E-state index is -1.15. The van der Waals surface area contributed by atoms with Crippen LogP contribution in [0.15, 0.2) is 22.7 Å². The molecule has 7 heteroatoms. The lowest BCUT2D eigenvalue weighted by Crippen LogP contribution is -2.42. The molecule has 0 aromatic heterocycles. The van der Waals surface area contributed by atoms with Crippen molar-refractivity contribution in [1.29, 1.82) is 0 Å². The summed E-state index contributed by atoms with van der Waals surface area (Å²) in [6.07, 6.45) is -0.670. The highest BCUT2D eigenvalue weighted by Crippen LogP contribution is 2.35. The van der Waals surface area contributed by atoms with Crippen molar-refractivity contribution in [3.63, 3.8) is 0 Å². The first kappa shape index (κ1) is 16.6. The maximum absolute atomic E-state index is 12.3. The number of carboxylic acids is 1. The first-order valence-corrected chi connectivity index (χ1v) is 7.63. The quantitative estimate of drug-likeness (QED) is 0.819. The van der Waals surface area contributed by atoms with Gasteiger partial charge in [-0.1, -0.05) is 15.9 Å². The van der Waals surface area contributed by atoms with Crippen molar-refractivity contribution in [1.82, 2.24) is 4.90 Å². The molecular formula is C15H18BrNO5. The van der Waals surface area contributed by atoms with Gasteiger partial charge in [0.15, 0.2) is 6.04 Å². The van der Waals surface area contributed by atoms with Gasteiger partial charge in [-0.15, -0.1) is 0 Å². The number of aliphatic carboxylic acids is 1. The summed E-state index contributed by atoms with van der Waals surface area (Å²) in [6, 6.07) is 3.95. The Kier molecular flexibility index (Phi) is 4.65. The number of carboxylic acid groups (broad SMARTS) is 1. The molecule has 1 aliphatic heterocycles. The average molecular weight is 372 g/mol. The van der Waals surface area contributed by atoms with Gasteiger partial charge in [0.25, 0.3) is 0 Å². The second kappa shape index (κ2) is 6.16. The molecule has 1 unspecified atom stereocenters. The summed E-state index contributed by atoms with van der Waals surface area (Å²) in [7, 11) is 0. The van der Waals surface area contributed by atoms with Crippen LogP contribution in [0.3, 0.4) is 0 Å². The molecule has 1 atom stereocenters. The van der Waals surface area contributed by atoms with Gasteiger partial charge in [-0.3, -0.25) is 4.90 Å². The third-order valence-electron chi connectivity index (χ3n) is 3.03. The van der Waals surface area contributed by atoms with E-state index in [1.165, 1.54) is 4.90 Å². The summed E-state index contributed by atoms with van der Waals surface area (Å²) in [5.41, 5.74) is -0.279. The number of carbonyl (C=O) groups excluding carboxylic acids is 1. The van der Waals surface area contributed by atoms with Crippen LogP contribution in [-0.2, 0) is 9.53 Å². The molecular weight excluding hydrogens is 354 g/mol. The molecule has 1 aromatic carbocycles. The van der Waals surface area contributed by atoms with Crippen LogP contribution in [-0.4, -0.2) is 40.8 Å². The number of rotatable bonds is 1. The van der Waals surface area contributed by atoms with Crippen molar-refractivity contribution in [3.8, 4) is 5.75 Å². The Labute approximate surface area is 137 Å². The molecule has 0 saturated heterocycles. The van der Waals surface area contributed by atoms with E-state index in [9.17, 15) is 14.7 Å². The zero-order valence-corrected chi connectivity index (χ0v) is 14.2. The van der Waals surface area contributed by atoms with E-state index in [-0.39, 0.29) is 13.2 Å². The fourth-order valence-corrected chi connectivity index (χ4v) is 2.58. The predicted molar refractivity (Wildman–Crippen MR) is 83.0 cm³/mol. The van der Waals surface area contributed by atoms with Gasteiger partial charge in [0.2, 0.25) is 0 Å². The molecule has 6 nitrogen and oxygen atoms in total. The molecule has 1 aliphatic rings. The van der Waals surface area contributed by atoms with Crippen molar-refractivity contribution in [3.05, 3.63) is 28.2 Å². The molecule has 0 aliphatic carbocycles. The molecule has 120 valence electrons. The molecule has 1 heterocycles. The first-order valence-electron chi connectivity index (χ1n) is 6.84. The summed E-state index contributed by atoms with van der Waals surface area (Å²) in [6.45, 7) is 5.55. The fraction of sp³-hybridized carbons (Fsp3) is 0.467. The predicted octanol–water partition coefficient (Wildman–Crippen LogP) is 3.20. The highest BCUT2D eigenvalue weighted by molar-refractivity contribution is 9.10. The van der Waals surface area contributed by atoms with Gasteiger partial charge in [0.1, 0.15) is 18.0 Å². The second-order valence-electron chi connectivity index (χ2n) is 5.95. The zero-order chi connectivity index (χ0) is 16.5. The molecule has 2 rings (SSSR count). The van der Waals surface area contributed by atoms with Gasteiger partial charge in [-0.05, 0) is 39.0 Å². The molecule has 0 bridgehead atoms. The van der Waals surface area contributed by atoms with E-state index in [0.29, 0.717) is 15.8 Å². The Morgan fingerprint density at radius 1 is 1.41 bits per heavy atom. The molecule has 22 heavy (non-hydrogen) atoms. The van der Waals surface area contributed by atoms with Crippen molar-refractivity contribution in [2.45, 2.75) is 32.4 Å². The molecule has 1 amide bonds. The van der Waals surface area contributed by atoms with Crippen LogP contribution in [0, 0.1) is 0 Å². The molecule has 1 aromatic rings. The number of halogens is 1. The van der Waals surface area contributed by atoms with Gasteiger partial charge >= 0.3 is 12.1 Å². The topological polar surface area (TPSA) is 76.1 Å². The monoisotopic (exact) mass is 371 g/mol. The maximum atomic E-state index is 12.3. The highest BCUT2D eigenvalue weighted by Gasteiger charge is 2.37. The smallest absolute Gasteiger partial charge is 0.411 e. The fourth-order valence-electron chi connectivity index (χ4n) is 2.20. The highest BCUT2D eigenvalue weighted by atomic mass is 79.9. The molecule has 0 saturated carbocycles. The van der Waals surface area contributed by atoms with Gasteiger partial charge in [0.05, 0.1) is 6.54 Å². The number of benzene rings is 1. The lowest BCUT2D eigenvalue weighted by Gasteiger charge is -2.30. The Hall–Kier alpha value is -1.76. The van der Waals surface area contributed by atoms with Crippen LogP contribution in [0.2, 0.25) is 0 Å². The third-order valence-corrected chi connectivity index (χ3v) is 3.52. The average Bonchev–Trinajstić information content (AvgIpc) is 2.55. The van der Waals surface area contributed by atoms with Crippen LogP contribution in [0.25, 0.3) is 0 Å². The van der Waals surface area contributed by atoms with Gasteiger partial charge in [-0.25, -0.2) is 9.59 Å². The van der Waals surface area contributed by atoms with Gasteiger partial charge in [0, 0.05) is 10.0 Å². The summed E-state index contributed by atoms with van der Waals surface area (Å²) < 4.78 is 11.6. The van der Waals surface area contributed by atoms with E-state index < -0.39 is 23.7 Å². The maximum Gasteiger partial charge on any atom is 0.411 e. The summed E-state index contributed by atoms with van der Waals surface area (Å²) in [5.74, 6) is -0.669. The number of carbonyl (C=O) groups is 2. The first-order chi connectivity index (χ1) is 10.2. The normalized spacial score (nSPS) is 18.0. The van der Waals surface area contributed by atoms with Crippen LogP contribution in [0.5, 0.6) is 5.75 Å². The number of ether oxygens (including phenoxy) is 2. The molecule has 0 spiro atoms. The van der Waals surface area contributed by atoms with Gasteiger partial charge in [-0.2, -0.15) is 0 Å². The van der Waals surface area contributed by atoms with Crippen LogP contribution in [0.4, 0.5) is 4.79 Å². The molecule has 0 fully saturated rings. The van der Waals surface area contributed by atoms with Crippen LogP contribution >= 0.6 is 15.9 Å². The van der Waals surface area contributed by atoms with E-state index in [2.05, 4.69) is 15.9 Å². The van der Waals surface area contributed by atoms with E-state index in [0.717, 1.165) is 0 Å². The zero-order valence-electron chi connectivity index (χ0n) is 12.6. The second-order valence-corrected chi connectivity index (χ2v) is 6.86. The summed E-state index contributed by atoms with van der Waals surface area (Å²) >= 11 is 3.32. The molecule has 1 N–H and O–H groups in total. The number of hydrogen-bond donors (Lipinski definition) is 1. The van der Waals surface area contributed by atoms with Crippen molar-refractivity contribution < 1.29 is 24.2 Å². The minimum Gasteiger partial charge on any atom is -0.491 e. The lowest BCUT2D eigenvalue weighted by atomic mass is 10.0. The Bertz CT molecular complexity index is 596.